The first-order valence-corrected chi connectivity index (χ1v) is 7.23. The van der Waals surface area contributed by atoms with Gasteiger partial charge in [-0.25, -0.2) is 0 Å². The van der Waals surface area contributed by atoms with Crippen molar-refractivity contribution in [2.24, 2.45) is 0 Å². The first-order chi connectivity index (χ1) is 9.61. The largest absolute Gasteiger partial charge is 0.385 e. The maximum atomic E-state index is 10.9. The summed E-state index contributed by atoms with van der Waals surface area (Å²) in [6.45, 7) is 15.1. The first kappa shape index (κ1) is 16.7. The van der Waals surface area contributed by atoms with E-state index < -0.39 is 5.60 Å². The van der Waals surface area contributed by atoms with Gasteiger partial charge in [0.15, 0.2) is 0 Å². The van der Waals surface area contributed by atoms with Gasteiger partial charge in [-0.3, -0.25) is 0 Å². The Bertz CT molecular complexity index is 384. The van der Waals surface area contributed by atoms with Crippen molar-refractivity contribution in [3.05, 3.63) is 62.3 Å². The molecule has 0 bridgehead atoms. The van der Waals surface area contributed by atoms with E-state index in [-0.39, 0.29) is 6.04 Å². The van der Waals surface area contributed by atoms with E-state index >= 15 is 0 Å². The molecule has 1 rings (SSSR count). The van der Waals surface area contributed by atoms with Gasteiger partial charge in [0.25, 0.3) is 0 Å². The molecule has 0 saturated heterocycles. The lowest BCUT2D eigenvalue weighted by Gasteiger charge is -2.39. The number of aliphatic hydroxyl groups is 1. The highest BCUT2D eigenvalue weighted by atomic mass is 16.3. The predicted octanol–water partition coefficient (Wildman–Crippen LogP) is 3.68. The van der Waals surface area contributed by atoms with Crippen LogP contribution in [-0.4, -0.2) is 22.8 Å². The molecule has 2 N–H and O–H groups in total. The molecule has 0 aromatic rings. The van der Waals surface area contributed by atoms with Crippen molar-refractivity contribution in [1.29, 1.82) is 0 Å². The molecular formula is C18H27NO. The lowest BCUT2D eigenvalue weighted by atomic mass is 9.78. The summed E-state index contributed by atoms with van der Waals surface area (Å²) in [5, 5.41) is 14.5. The Morgan fingerprint density at radius 1 is 1.10 bits per heavy atom. The second-order valence-electron chi connectivity index (χ2n) is 5.38. The molecule has 0 fully saturated rings. The maximum absolute atomic E-state index is 10.9. The van der Waals surface area contributed by atoms with Crippen molar-refractivity contribution < 1.29 is 5.11 Å². The smallest absolute Gasteiger partial charge is 0.0940 e. The van der Waals surface area contributed by atoms with Crippen molar-refractivity contribution in [2.75, 3.05) is 0 Å². The molecule has 2 nitrogen and oxygen atoms in total. The van der Waals surface area contributed by atoms with Crippen LogP contribution in [-0.2, 0) is 0 Å². The van der Waals surface area contributed by atoms with E-state index in [0.717, 1.165) is 24.8 Å². The van der Waals surface area contributed by atoms with E-state index in [9.17, 15) is 5.11 Å². The minimum absolute atomic E-state index is 0.121. The van der Waals surface area contributed by atoms with Crippen LogP contribution in [0.5, 0.6) is 0 Å². The average Bonchev–Trinajstić information content (AvgIpc) is 2.40. The van der Waals surface area contributed by atoms with Gasteiger partial charge in [0.2, 0.25) is 0 Å². The molecular weight excluding hydrogens is 246 g/mol. The SMILES string of the molecule is C=CC[C@@H]1CC=C(C(O)(CC=C)CC=C)[C@@H](CC=C)N1. The normalized spacial score (nSPS) is 22.8. The zero-order valence-corrected chi connectivity index (χ0v) is 12.4. The second-order valence-corrected chi connectivity index (χ2v) is 5.38. The lowest BCUT2D eigenvalue weighted by Crippen LogP contribution is -2.48. The minimum atomic E-state index is -0.886. The molecule has 20 heavy (non-hydrogen) atoms. The van der Waals surface area contributed by atoms with Gasteiger partial charge in [-0.2, -0.15) is 0 Å². The van der Waals surface area contributed by atoms with Gasteiger partial charge < -0.3 is 10.4 Å². The number of hydrogen-bond donors (Lipinski definition) is 2. The van der Waals surface area contributed by atoms with Gasteiger partial charge in [0.1, 0.15) is 0 Å². The standard InChI is InChI=1S/C18H27NO/c1-5-9-15-11-12-16(17(19-15)10-6-2)18(20,13-7-3)14-8-4/h5-8,12,15,17,19-20H,1-4,9-11,13-14H2/t15-,17-/m1/s1. The number of rotatable bonds is 9. The van der Waals surface area contributed by atoms with Crippen LogP contribution in [0.25, 0.3) is 0 Å². The molecule has 2 heteroatoms. The predicted molar refractivity (Wildman–Crippen MR) is 87.6 cm³/mol. The molecule has 2 atom stereocenters. The fraction of sp³-hybridized carbons (Fsp3) is 0.444. The molecule has 0 aromatic carbocycles. The van der Waals surface area contributed by atoms with E-state index in [1.165, 1.54) is 0 Å². The molecule has 1 heterocycles. The Labute approximate surface area is 123 Å². The van der Waals surface area contributed by atoms with Crippen LogP contribution < -0.4 is 5.32 Å². The van der Waals surface area contributed by atoms with Gasteiger partial charge in [0, 0.05) is 12.1 Å². The second kappa shape index (κ2) is 8.03. The Balaban J connectivity index is 3.02. The van der Waals surface area contributed by atoms with E-state index in [2.05, 4.69) is 37.7 Å². The van der Waals surface area contributed by atoms with E-state index in [0.29, 0.717) is 18.9 Å². The minimum Gasteiger partial charge on any atom is -0.385 e. The Morgan fingerprint density at radius 3 is 2.20 bits per heavy atom. The van der Waals surface area contributed by atoms with Gasteiger partial charge >= 0.3 is 0 Å². The van der Waals surface area contributed by atoms with Gasteiger partial charge in [-0.05, 0) is 37.7 Å². The van der Waals surface area contributed by atoms with Gasteiger partial charge in [-0.1, -0.05) is 30.4 Å². The molecule has 0 saturated carbocycles. The average molecular weight is 273 g/mol. The maximum Gasteiger partial charge on any atom is 0.0940 e. The van der Waals surface area contributed by atoms with Crippen molar-refractivity contribution >= 4 is 0 Å². The third kappa shape index (κ3) is 4.06. The fourth-order valence-corrected chi connectivity index (χ4v) is 2.89. The summed E-state index contributed by atoms with van der Waals surface area (Å²) in [7, 11) is 0. The highest BCUT2D eigenvalue weighted by Crippen LogP contribution is 2.33. The third-order valence-corrected chi connectivity index (χ3v) is 3.79. The highest BCUT2D eigenvalue weighted by Gasteiger charge is 2.36. The van der Waals surface area contributed by atoms with E-state index in [1.807, 2.05) is 12.2 Å². The molecule has 0 spiro atoms. The van der Waals surface area contributed by atoms with Crippen LogP contribution in [0.1, 0.15) is 32.1 Å². The van der Waals surface area contributed by atoms with Crippen molar-refractivity contribution in [3.8, 4) is 0 Å². The summed E-state index contributed by atoms with van der Waals surface area (Å²) in [6.07, 6.45) is 13.2. The molecule has 110 valence electrons. The molecule has 0 aliphatic carbocycles. The quantitative estimate of drug-likeness (QED) is 0.628. The fourth-order valence-electron chi connectivity index (χ4n) is 2.89. The Morgan fingerprint density at radius 2 is 1.70 bits per heavy atom. The zero-order chi connectivity index (χ0) is 15.0. The molecule has 0 radical (unpaired) electrons. The summed E-state index contributed by atoms with van der Waals surface area (Å²) in [4.78, 5) is 0. The summed E-state index contributed by atoms with van der Waals surface area (Å²) >= 11 is 0. The van der Waals surface area contributed by atoms with Gasteiger partial charge in [-0.15, -0.1) is 26.3 Å². The number of nitrogens with one attached hydrogen (secondary N) is 1. The highest BCUT2D eigenvalue weighted by molar-refractivity contribution is 5.29. The summed E-state index contributed by atoms with van der Waals surface area (Å²) in [5.41, 5.74) is 0.154. The van der Waals surface area contributed by atoms with Crippen LogP contribution in [0.15, 0.2) is 62.3 Å². The lowest BCUT2D eigenvalue weighted by molar-refractivity contribution is 0.0730. The van der Waals surface area contributed by atoms with Crippen LogP contribution in [0.4, 0.5) is 0 Å². The van der Waals surface area contributed by atoms with Crippen molar-refractivity contribution in [3.63, 3.8) is 0 Å². The molecule has 1 aliphatic heterocycles. The molecule has 0 aromatic heterocycles. The Hall–Kier alpha value is -1.38. The summed E-state index contributed by atoms with van der Waals surface area (Å²) < 4.78 is 0. The number of hydrogen-bond acceptors (Lipinski definition) is 2. The monoisotopic (exact) mass is 273 g/mol. The van der Waals surface area contributed by atoms with Gasteiger partial charge in [0.05, 0.1) is 5.60 Å². The summed E-state index contributed by atoms with van der Waals surface area (Å²) in [5.74, 6) is 0. The Kier molecular flexibility index (Phi) is 6.69. The van der Waals surface area contributed by atoms with Crippen LogP contribution in [0.3, 0.4) is 0 Å². The van der Waals surface area contributed by atoms with E-state index in [1.54, 1.807) is 12.2 Å². The van der Waals surface area contributed by atoms with Crippen molar-refractivity contribution in [2.45, 2.75) is 49.8 Å². The first-order valence-electron chi connectivity index (χ1n) is 7.23. The molecule has 0 unspecified atom stereocenters. The zero-order valence-electron chi connectivity index (χ0n) is 12.4. The third-order valence-electron chi connectivity index (χ3n) is 3.79. The van der Waals surface area contributed by atoms with Crippen LogP contribution in [0.2, 0.25) is 0 Å². The van der Waals surface area contributed by atoms with Crippen molar-refractivity contribution in [1.82, 2.24) is 5.32 Å². The molecule has 0 amide bonds. The summed E-state index contributed by atoms with van der Waals surface area (Å²) in [6, 6.07) is 0.508. The topological polar surface area (TPSA) is 32.3 Å². The van der Waals surface area contributed by atoms with Crippen LogP contribution in [0, 0.1) is 0 Å². The van der Waals surface area contributed by atoms with Crippen LogP contribution >= 0.6 is 0 Å². The van der Waals surface area contributed by atoms with E-state index in [4.69, 9.17) is 0 Å². The molecule has 1 aliphatic rings.